The average molecular weight is 311 g/mol. The van der Waals surface area contributed by atoms with Crippen molar-refractivity contribution in [2.45, 2.75) is 31.3 Å². The number of imide groups is 1. The Morgan fingerprint density at radius 3 is 2.62 bits per heavy atom. The van der Waals surface area contributed by atoms with Gasteiger partial charge in [-0.2, -0.15) is 4.31 Å². The van der Waals surface area contributed by atoms with Crippen LogP contribution in [0.1, 0.15) is 18.1 Å². The second kappa shape index (κ2) is 5.55. The van der Waals surface area contributed by atoms with Gasteiger partial charge in [0, 0.05) is 6.54 Å². The number of carbonyl (C=O) groups excluding carboxylic acids is 2. The Hall–Kier alpha value is -1.77. The number of hydrogen-bond acceptors (Lipinski definition) is 5. The zero-order valence-corrected chi connectivity index (χ0v) is 12.6. The van der Waals surface area contributed by atoms with E-state index in [-0.39, 0.29) is 11.4 Å². The molecule has 21 heavy (non-hydrogen) atoms. The standard InChI is InChI=1S/C13H17N3O4S/c1-8-5-11(4-3-10(8)6-14)21(19,20)16-7-12(17)15-13(18)9(16)2/h3-5,9H,6-7,14H2,1-2H3,(H,15,17,18). The lowest BCUT2D eigenvalue weighted by Gasteiger charge is -2.30. The van der Waals surface area contributed by atoms with E-state index in [1.54, 1.807) is 13.0 Å². The predicted molar refractivity (Wildman–Crippen MR) is 75.6 cm³/mol. The number of amides is 2. The van der Waals surface area contributed by atoms with Crippen LogP contribution in [-0.2, 0) is 26.2 Å². The van der Waals surface area contributed by atoms with E-state index in [4.69, 9.17) is 5.73 Å². The van der Waals surface area contributed by atoms with Crippen molar-refractivity contribution in [2.24, 2.45) is 5.73 Å². The zero-order chi connectivity index (χ0) is 15.8. The smallest absolute Gasteiger partial charge is 0.244 e. The van der Waals surface area contributed by atoms with Crippen LogP contribution in [0, 0.1) is 6.92 Å². The molecule has 1 fully saturated rings. The molecule has 0 bridgehead atoms. The lowest BCUT2D eigenvalue weighted by Crippen LogP contribution is -2.58. The first-order valence-corrected chi connectivity index (χ1v) is 7.86. The number of aryl methyl sites for hydroxylation is 1. The number of nitrogens with one attached hydrogen (secondary N) is 1. The Labute approximate surface area is 123 Å². The lowest BCUT2D eigenvalue weighted by molar-refractivity contribution is -0.136. The van der Waals surface area contributed by atoms with E-state index in [1.807, 2.05) is 0 Å². The van der Waals surface area contributed by atoms with Gasteiger partial charge in [0.15, 0.2) is 0 Å². The van der Waals surface area contributed by atoms with Gasteiger partial charge in [-0.15, -0.1) is 0 Å². The molecule has 0 aromatic heterocycles. The maximum Gasteiger partial charge on any atom is 0.244 e. The minimum Gasteiger partial charge on any atom is -0.326 e. The molecular weight excluding hydrogens is 294 g/mol. The van der Waals surface area contributed by atoms with Crippen molar-refractivity contribution in [3.8, 4) is 0 Å². The normalized spacial score (nSPS) is 20.4. The summed E-state index contributed by atoms with van der Waals surface area (Å²) in [6, 6.07) is 3.65. The quantitative estimate of drug-likeness (QED) is 0.731. The molecule has 0 spiro atoms. The minimum absolute atomic E-state index is 0.0477. The zero-order valence-electron chi connectivity index (χ0n) is 11.8. The summed E-state index contributed by atoms with van der Waals surface area (Å²) in [7, 11) is -3.91. The molecular formula is C13H17N3O4S. The molecule has 3 N–H and O–H groups in total. The van der Waals surface area contributed by atoms with Gasteiger partial charge in [-0.3, -0.25) is 14.9 Å². The summed E-state index contributed by atoms with van der Waals surface area (Å²) in [6.07, 6.45) is 0. The van der Waals surface area contributed by atoms with E-state index >= 15 is 0 Å². The van der Waals surface area contributed by atoms with Crippen molar-refractivity contribution in [3.63, 3.8) is 0 Å². The molecule has 1 unspecified atom stereocenters. The lowest BCUT2D eigenvalue weighted by atomic mass is 10.1. The summed E-state index contributed by atoms with van der Waals surface area (Å²) in [4.78, 5) is 23.1. The summed E-state index contributed by atoms with van der Waals surface area (Å²) in [6.45, 7) is 3.15. The number of sulfonamides is 1. The fourth-order valence-electron chi connectivity index (χ4n) is 2.18. The van der Waals surface area contributed by atoms with Crippen molar-refractivity contribution in [2.75, 3.05) is 6.54 Å². The van der Waals surface area contributed by atoms with E-state index in [0.29, 0.717) is 6.54 Å². The number of rotatable bonds is 3. The molecule has 1 aromatic rings. The van der Waals surface area contributed by atoms with E-state index < -0.39 is 27.9 Å². The molecule has 1 heterocycles. The molecule has 1 aromatic carbocycles. The predicted octanol–water partition coefficient (Wildman–Crippen LogP) is -0.511. The van der Waals surface area contributed by atoms with Crippen LogP contribution in [0.2, 0.25) is 0 Å². The molecule has 1 saturated heterocycles. The van der Waals surface area contributed by atoms with E-state index in [2.05, 4.69) is 5.32 Å². The fraction of sp³-hybridized carbons (Fsp3) is 0.385. The second-order valence-electron chi connectivity index (χ2n) is 4.93. The molecule has 1 aliphatic rings. The van der Waals surface area contributed by atoms with Gasteiger partial charge in [0.25, 0.3) is 0 Å². The number of nitrogens with zero attached hydrogens (tertiary/aromatic N) is 1. The van der Waals surface area contributed by atoms with Crippen LogP contribution in [0.15, 0.2) is 23.1 Å². The molecule has 1 aliphatic heterocycles. The maximum atomic E-state index is 12.6. The van der Waals surface area contributed by atoms with Crippen molar-refractivity contribution >= 4 is 21.8 Å². The third kappa shape index (κ3) is 2.82. The van der Waals surface area contributed by atoms with E-state index in [9.17, 15) is 18.0 Å². The number of benzene rings is 1. The van der Waals surface area contributed by atoms with E-state index in [1.165, 1.54) is 19.1 Å². The van der Waals surface area contributed by atoms with Gasteiger partial charge in [0.1, 0.15) is 6.04 Å². The number of piperazine rings is 1. The fourth-order valence-corrected chi connectivity index (χ4v) is 3.81. The minimum atomic E-state index is -3.91. The molecule has 0 radical (unpaired) electrons. The van der Waals surface area contributed by atoms with Crippen molar-refractivity contribution < 1.29 is 18.0 Å². The Kier molecular flexibility index (Phi) is 4.13. The monoisotopic (exact) mass is 311 g/mol. The van der Waals surface area contributed by atoms with Gasteiger partial charge in [0.2, 0.25) is 21.8 Å². The van der Waals surface area contributed by atoms with Gasteiger partial charge in [0.05, 0.1) is 11.4 Å². The van der Waals surface area contributed by atoms with Crippen LogP contribution in [0.3, 0.4) is 0 Å². The summed E-state index contributed by atoms with van der Waals surface area (Å²) in [5.41, 5.74) is 7.14. The van der Waals surface area contributed by atoms with Crippen LogP contribution in [0.4, 0.5) is 0 Å². The number of carbonyl (C=O) groups is 2. The third-order valence-corrected chi connectivity index (χ3v) is 5.43. The summed E-state index contributed by atoms with van der Waals surface area (Å²) >= 11 is 0. The first-order valence-electron chi connectivity index (χ1n) is 6.42. The number of hydrogen-bond donors (Lipinski definition) is 2. The highest BCUT2D eigenvalue weighted by atomic mass is 32.2. The molecule has 8 heteroatoms. The van der Waals surface area contributed by atoms with Crippen LogP contribution >= 0.6 is 0 Å². The van der Waals surface area contributed by atoms with Gasteiger partial charge in [-0.05, 0) is 37.1 Å². The SMILES string of the molecule is Cc1cc(S(=O)(=O)N2CC(=O)NC(=O)C2C)ccc1CN. The Bertz CT molecular complexity index is 699. The largest absolute Gasteiger partial charge is 0.326 e. The first kappa shape index (κ1) is 15.6. The second-order valence-corrected chi connectivity index (χ2v) is 6.82. The molecule has 2 rings (SSSR count). The van der Waals surface area contributed by atoms with Crippen molar-refractivity contribution in [1.29, 1.82) is 0 Å². The van der Waals surface area contributed by atoms with Crippen LogP contribution in [0.25, 0.3) is 0 Å². The molecule has 0 aliphatic carbocycles. The Morgan fingerprint density at radius 1 is 1.38 bits per heavy atom. The van der Waals surface area contributed by atoms with Gasteiger partial charge in [-0.1, -0.05) is 6.07 Å². The maximum absolute atomic E-state index is 12.6. The molecule has 1 atom stereocenters. The average Bonchev–Trinajstić information content (AvgIpc) is 2.42. The molecule has 0 saturated carbocycles. The Morgan fingerprint density at radius 2 is 2.05 bits per heavy atom. The van der Waals surface area contributed by atoms with E-state index in [0.717, 1.165) is 15.4 Å². The Balaban J connectivity index is 2.43. The summed E-state index contributed by atoms with van der Waals surface area (Å²) < 4.78 is 26.1. The van der Waals surface area contributed by atoms with Crippen LogP contribution in [0.5, 0.6) is 0 Å². The van der Waals surface area contributed by atoms with Gasteiger partial charge >= 0.3 is 0 Å². The molecule has 7 nitrogen and oxygen atoms in total. The van der Waals surface area contributed by atoms with Gasteiger partial charge < -0.3 is 5.73 Å². The van der Waals surface area contributed by atoms with Crippen molar-refractivity contribution in [1.82, 2.24) is 9.62 Å². The molecule has 2 amide bonds. The highest BCUT2D eigenvalue weighted by Gasteiger charge is 2.38. The summed E-state index contributed by atoms with van der Waals surface area (Å²) in [5, 5.41) is 2.11. The highest BCUT2D eigenvalue weighted by molar-refractivity contribution is 7.89. The summed E-state index contributed by atoms with van der Waals surface area (Å²) in [5.74, 6) is -1.25. The van der Waals surface area contributed by atoms with Crippen LogP contribution in [-0.4, -0.2) is 37.1 Å². The highest BCUT2D eigenvalue weighted by Crippen LogP contribution is 2.22. The number of nitrogens with two attached hydrogens (primary N) is 1. The third-order valence-electron chi connectivity index (χ3n) is 3.51. The molecule has 114 valence electrons. The van der Waals surface area contributed by atoms with Crippen molar-refractivity contribution in [3.05, 3.63) is 29.3 Å². The van der Waals surface area contributed by atoms with Gasteiger partial charge in [-0.25, -0.2) is 8.42 Å². The topological polar surface area (TPSA) is 110 Å². The van der Waals surface area contributed by atoms with Crippen LogP contribution < -0.4 is 11.1 Å². The first-order chi connectivity index (χ1) is 9.77.